The minimum atomic E-state index is -0.649. The normalized spacial score (nSPS) is 11.7. The number of Topliss-reactive ketones (excluding diaryl/α,β-unsaturated/α-hetero) is 1. The van der Waals surface area contributed by atoms with Crippen LogP contribution in [0.4, 0.5) is 0 Å². The van der Waals surface area contributed by atoms with Crippen molar-refractivity contribution in [1.82, 2.24) is 5.32 Å². The number of hydrogen-bond acceptors (Lipinski definition) is 4. The van der Waals surface area contributed by atoms with Gasteiger partial charge in [-0.1, -0.05) is 56.3 Å². The van der Waals surface area contributed by atoms with Crippen molar-refractivity contribution in [2.24, 2.45) is 0 Å². The van der Waals surface area contributed by atoms with Crippen LogP contribution in [0, 0.1) is 0 Å². The van der Waals surface area contributed by atoms with Gasteiger partial charge in [0.05, 0.1) is 11.6 Å². The zero-order valence-corrected chi connectivity index (χ0v) is 15.9. The molecule has 0 fully saturated rings. The lowest BCUT2D eigenvalue weighted by Gasteiger charge is -2.16. The summed E-state index contributed by atoms with van der Waals surface area (Å²) < 4.78 is 5.06. The molecule has 27 heavy (non-hydrogen) atoms. The molecule has 0 aliphatic carbocycles. The van der Waals surface area contributed by atoms with Gasteiger partial charge in [0, 0.05) is 0 Å². The number of rotatable bonds is 8. The summed E-state index contributed by atoms with van der Waals surface area (Å²) in [6, 6.07) is 15.9. The van der Waals surface area contributed by atoms with Crippen molar-refractivity contribution in [3.05, 3.63) is 71.3 Å². The Morgan fingerprint density at radius 2 is 1.59 bits per heavy atom. The van der Waals surface area contributed by atoms with Crippen LogP contribution in [0.1, 0.15) is 48.2 Å². The van der Waals surface area contributed by atoms with Gasteiger partial charge in [-0.05, 0) is 42.5 Å². The molecule has 2 rings (SSSR count). The summed E-state index contributed by atoms with van der Waals surface area (Å²) in [7, 11) is 0. The maximum absolute atomic E-state index is 12.1. The third-order valence-electron chi connectivity index (χ3n) is 4.26. The predicted molar refractivity (Wildman–Crippen MR) is 104 cm³/mol. The maximum Gasteiger partial charge on any atom is 0.338 e. The molecule has 1 N–H and O–H groups in total. The fourth-order valence-corrected chi connectivity index (χ4v) is 2.60. The highest BCUT2D eigenvalue weighted by Gasteiger charge is 2.19. The monoisotopic (exact) mass is 367 g/mol. The fraction of sp³-hybridized carbons (Fsp3) is 0.318. The molecule has 0 heterocycles. The molecule has 0 aliphatic rings. The Bertz CT molecular complexity index is 782. The molecule has 1 unspecified atom stereocenters. The minimum Gasteiger partial charge on any atom is -0.452 e. The quantitative estimate of drug-likeness (QED) is 0.727. The smallest absolute Gasteiger partial charge is 0.338 e. The van der Waals surface area contributed by atoms with Crippen molar-refractivity contribution in [3.63, 3.8) is 0 Å². The number of ketones is 1. The predicted octanol–water partition coefficient (Wildman–Crippen LogP) is 3.28. The van der Waals surface area contributed by atoms with Crippen molar-refractivity contribution in [2.45, 2.75) is 39.2 Å². The molecular weight excluding hydrogens is 342 g/mol. The van der Waals surface area contributed by atoms with E-state index < -0.39 is 24.5 Å². The Balaban J connectivity index is 1.87. The average molecular weight is 367 g/mol. The maximum atomic E-state index is 12.1. The molecule has 5 nitrogen and oxygen atoms in total. The first-order valence-corrected chi connectivity index (χ1v) is 8.97. The number of amides is 1. The summed E-state index contributed by atoms with van der Waals surface area (Å²) >= 11 is 0. The van der Waals surface area contributed by atoms with E-state index in [1.54, 1.807) is 12.1 Å². The number of carbonyl (C=O) groups excluding carboxylic acids is 3. The first kappa shape index (κ1) is 20.4. The molecule has 0 saturated heterocycles. The summed E-state index contributed by atoms with van der Waals surface area (Å²) in [5.74, 6) is -0.849. The van der Waals surface area contributed by atoms with Crippen LogP contribution in [-0.2, 0) is 20.7 Å². The zero-order valence-electron chi connectivity index (χ0n) is 15.9. The van der Waals surface area contributed by atoms with Gasteiger partial charge in [0.2, 0.25) is 0 Å². The van der Waals surface area contributed by atoms with Gasteiger partial charge in [-0.2, -0.15) is 0 Å². The van der Waals surface area contributed by atoms with E-state index in [1.807, 2.05) is 42.5 Å². The van der Waals surface area contributed by atoms with Crippen molar-refractivity contribution in [2.75, 3.05) is 6.61 Å². The van der Waals surface area contributed by atoms with Crippen LogP contribution in [-0.4, -0.2) is 30.3 Å². The number of nitrogens with one attached hydrogen (secondary N) is 1. The minimum absolute atomic E-state index is 0.150. The summed E-state index contributed by atoms with van der Waals surface area (Å²) in [5.41, 5.74) is 2.45. The van der Waals surface area contributed by atoms with Gasteiger partial charge in [0.25, 0.3) is 5.91 Å². The van der Waals surface area contributed by atoms with Gasteiger partial charge < -0.3 is 10.1 Å². The van der Waals surface area contributed by atoms with Crippen LogP contribution < -0.4 is 5.32 Å². The van der Waals surface area contributed by atoms with Gasteiger partial charge in [-0.15, -0.1) is 0 Å². The van der Waals surface area contributed by atoms with E-state index in [1.165, 1.54) is 6.92 Å². The number of hydrogen-bond donors (Lipinski definition) is 1. The second kappa shape index (κ2) is 9.67. The third-order valence-corrected chi connectivity index (χ3v) is 4.26. The van der Waals surface area contributed by atoms with E-state index in [-0.39, 0.29) is 5.78 Å². The highest BCUT2D eigenvalue weighted by Crippen LogP contribution is 2.15. The van der Waals surface area contributed by atoms with E-state index in [4.69, 9.17) is 4.74 Å². The second-order valence-corrected chi connectivity index (χ2v) is 6.77. The molecule has 0 aliphatic heterocycles. The van der Waals surface area contributed by atoms with Crippen molar-refractivity contribution < 1.29 is 19.1 Å². The lowest BCUT2D eigenvalue weighted by molar-refractivity contribution is -0.128. The van der Waals surface area contributed by atoms with E-state index in [9.17, 15) is 14.4 Å². The molecule has 0 bridgehead atoms. The lowest BCUT2D eigenvalue weighted by atomic mass is 10.0. The third kappa shape index (κ3) is 6.37. The van der Waals surface area contributed by atoms with Crippen LogP contribution in [0.15, 0.2) is 54.6 Å². The molecule has 0 aromatic heterocycles. The van der Waals surface area contributed by atoms with Crippen molar-refractivity contribution in [3.8, 4) is 0 Å². The molecule has 2 aromatic rings. The number of ether oxygens (including phenoxy) is 1. The summed E-state index contributed by atoms with van der Waals surface area (Å²) in [4.78, 5) is 36.0. The molecule has 0 spiro atoms. The van der Waals surface area contributed by atoms with Gasteiger partial charge in [0.15, 0.2) is 12.4 Å². The Labute approximate surface area is 159 Å². The van der Waals surface area contributed by atoms with Crippen LogP contribution >= 0.6 is 0 Å². The molecule has 1 atom stereocenters. The molecule has 1 amide bonds. The molecule has 5 heteroatoms. The first-order valence-electron chi connectivity index (χ1n) is 8.97. The highest BCUT2D eigenvalue weighted by molar-refractivity contribution is 5.92. The Kier molecular flexibility index (Phi) is 7.29. The van der Waals surface area contributed by atoms with Crippen LogP contribution in [0.5, 0.6) is 0 Å². The van der Waals surface area contributed by atoms with Gasteiger partial charge in [0.1, 0.15) is 0 Å². The molecule has 0 radical (unpaired) electrons. The largest absolute Gasteiger partial charge is 0.452 e. The van der Waals surface area contributed by atoms with Crippen LogP contribution in [0.3, 0.4) is 0 Å². The lowest BCUT2D eigenvalue weighted by Crippen LogP contribution is -2.43. The fourth-order valence-electron chi connectivity index (χ4n) is 2.60. The van der Waals surface area contributed by atoms with Crippen LogP contribution in [0.2, 0.25) is 0 Å². The molecule has 142 valence electrons. The van der Waals surface area contributed by atoms with Crippen molar-refractivity contribution in [1.29, 1.82) is 0 Å². The van der Waals surface area contributed by atoms with Crippen LogP contribution in [0.25, 0.3) is 0 Å². The average Bonchev–Trinajstić information content (AvgIpc) is 2.66. The Hall–Kier alpha value is -2.95. The van der Waals surface area contributed by atoms with Gasteiger partial charge >= 0.3 is 5.97 Å². The summed E-state index contributed by atoms with van der Waals surface area (Å²) in [6.45, 7) is 5.14. The number of benzene rings is 2. The molecule has 0 saturated carbocycles. The first-order chi connectivity index (χ1) is 12.9. The van der Waals surface area contributed by atoms with E-state index in [0.717, 1.165) is 11.1 Å². The standard InChI is InChI=1S/C22H25NO4/c1-15(2)18-9-11-19(12-10-18)22(26)27-14-21(25)23-20(16(3)24)13-17-7-5-4-6-8-17/h4-12,15,20H,13-14H2,1-3H3,(H,23,25). The summed E-state index contributed by atoms with van der Waals surface area (Å²) in [6.07, 6.45) is 0.395. The van der Waals surface area contributed by atoms with Gasteiger partial charge in [-0.25, -0.2) is 4.79 Å². The Morgan fingerprint density at radius 1 is 0.963 bits per heavy atom. The topological polar surface area (TPSA) is 72.5 Å². The SMILES string of the molecule is CC(=O)C(Cc1ccccc1)NC(=O)COC(=O)c1ccc(C(C)C)cc1. The van der Waals surface area contributed by atoms with Gasteiger partial charge in [-0.3, -0.25) is 9.59 Å². The summed E-state index contributed by atoms with van der Waals surface area (Å²) in [5, 5.41) is 2.63. The van der Waals surface area contributed by atoms with E-state index in [0.29, 0.717) is 17.9 Å². The number of carbonyl (C=O) groups is 3. The van der Waals surface area contributed by atoms with E-state index >= 15 is 0 Å². The second-order valence-electron chi connectivity index (χ2n) is 6.77. The Morgan fingerprint density at radius 3 is 2.15 bits per heavy atom. The highest BCUT2D eigenvalue weighted by atomic mass is 16.5. The molecule has 2 aromatic carbocycles. The molecular formula is C22H25NO4. The van der Waals surface area contributed by atoms with Crippen molar-refractivity contribution >= 4 is 17.7 Å². The van der Waals surface area contributed by atoms with E-state index in [2.05, 4.69) is 19.2 Å². The zero-order chi connectivity index (χ0) is 19.8. The number of esters is 1.